The molecule has 0 N–H and O–H groups in total. The van der Waals surface area contributed by atoms with Gasteiger partial charge in [0.25, 0.3) is 0 Å². The monoisotopic (exact) mass is 289 g/mol. The fourth-order valence-electron chi connectivity index (χ4n) is 0.827. The lowest BCUT2D eigenvalue weighted by atomic mass is 10.3. The Morgan fingerprint density at radius 3 is 3.00 bits per heavy atom. The molecule has 60 valence electrons. The van der Waals surface area contributed by atoms with Crippen molar-refractivity contribution in [3.8, 4) is 11.3 Å². The minimum Gasteiger partial charge on any atom is -0.232 e. The Bertz CT molecular complexity index is 374. The lowest BCUT2D eigenvalue weighted by Gasteiger charge is -1.94. The average Bonchev–Trinajstić information content (AvgIpc) is 2.56. The predicted octanol–water partition coefficient (Wildman–Crippen LogP) is 2.20. The molecule has 0 fully saturated rings. The van der Waals surface area contributed by atoms with E-state index in [-0.39, 0.29) is 0 Å². The van der Waals surface area contributed by atoms with E-state index in [2.05, 4.69) is 36.9 Å². The van der Waals surface area contributed by atoms with E-state index < -0.39 is 0 Å². The summed E-state index contributed by atoms with van der Waals surface area (Å²) in [6.07, 6.45) is 3.56. The Morgan fingerprint density at radius 2 is 2.33 bits per heavy atom. The summed E-state index contributed by atoms with van der Waals surface area (Å²) in [6, 6.07) is 1.88. The van der Waals surface area contributed by atoms with Crippen LogP contribution in [-0.4, -0.2) is 14.3 Å². The third-order valence-corrected chi connectivity index (χ3v) is 2.46. The Hall–Kier alpha value is -0.560. The summed E-state index contributed by atoms with van der Waals surface area (Å²) in [5.74, 6) is 0. The van der Waals surface area contributed by atoms with E-state index in [1.165, 1.54) is 11.5 Å². The van der Waals surface area contributed by atoms with E-state index in [1.54, 1.807) is 6.20 Å². The molecule has 5 heteroatoms. The molecule has 0 saturated heterocycles. The highest BCUT2D eigenvalue weighted by molar-refractivity contribution is 14.1. The molecule has 2 heterocycles. The first kappa shape index (κ1) is 8.06. The second kappa shape index (κ2) is 3.44. The molecule has 0 aliphatic rings. The van der Waals surface area contributed by atoms with E-state index in [9.17, 15) is 0 Å². The van der Waals surface area contributed by atoms with Gasteiger partial charge in [-0.3, -0.25) is 0 Å². The molecule has 2 aromatic rings. The maximum Gasteiger partial charge on any atom is 0.191 e. The summed E-state index contributed by atoms with van der Waals surface area (Å²) in [6.45, 7) is 0. The normalized spacial score (nSPS) is 10.1. The van der Waals surface area contributed by atoms with E-state index in [0.717, 1.165) is 15.1 Å². The Labute approximate surface area is 87.2 Å². The van der Waals surface area contributed by atoms with Crippen molar-refractivity contribution in [3.63, 3.8) is 0 Å². The topological polar surface area (TPSA) is 38.7 Å². The van der Waals surface area contributed by atoms with Crippen LogP contribution in [0, 0.1) is 3.83 Å². The first-order valence-corrected chi connectivity index (χ1v) is 5.16. The molecule has 2 aromatic heterocycles. The van der Waals surface area contributed by atoms with Gasteiger partial charge in [0.2, 0.25) is 0 Å². The van der Waals surface area contributed by atoms with Gasteiger partial charge >= 0.3 is 0 Å². The van der Waals surface area contributed by atoms with Gasteiger partial charge in [0, 0.05) is 39.7 Å². The van der Waals surface area contributed by atoms with Crippen molar-refractivity contribution in [2.45, 2.75) is 0 Å². The quantitative estimate of drug-likeness (QED) is 0.597. The first-order chi connectivity index (χ1) is 5.86. The molecule has 2 rings (SSSR count). The number of rotatable bonds is 1. The van der Waals surface area contributed by atoms with Gasteiger partial charge in [0.15, 0.2) is 3.83 Å². The molecule has 3 nitrogen and oxygen atoms in total. The van der Waals surface area contributed by atoms with Crippen LogP contribution in [0.4, 0.5) is 0 Å². The summed E-state index contributed by atoms with van der Waals surface area (Å²) in [5.41, 5.74) is 1.99. The molecule has 0 bridgehead atoms. The van der Waals surface area contributed by atoms with Gasteiger partial charge in [-0.2, -0.15) is 0 Å². The van der Waals surface area contributed by atoms with Crippen LogP contribution >= 0.6 is 34.1 Å². The average molecular weight is 289 g/mol. The van der Waals surface area contributed by atoms with Crippen LogP contribution < -0.4 is 0 Å². The molecule has 0 aliphatic carbocycles. The SMILES string of the molecule is Ic1nccc(-c2cnsc2)n1. The van der Waals surface area contributed by atoms with E-state index in [1.807, 2.05) is 17.6 Å². The van der Waals surface area contributed by atoms with Gasteiger partial charge in [0.05, 0.1) is 11.9 Å². The first-order valence-electron chi connectivity index (χ1n) is 3.24. The summed E-state index contributed by atoms with van der Waals surface area (Å²) in [4.78, 5) is 8.27. The van der Waals surface area contributed by atoms with Gasteiger partial charge in [-0.05, 0) is 17.6 Å². The van der Waals surface area contributed by atoms with Gasteiger partial charge in [0.1, 0.15) is 0 Å². The molecule has 0 aliphatic heterocycles. The summed E-state index contributed by atoms with van der Waals surface area (Å²) < 4.78 is 4.77. The molecule has 0 aromatic carbocycles. The summed E-state index contributed by atoms with van der Waals surface area (Å²) in [5, 5.41) is 1.97. The molecular weight excluding hydrogens is 285 g/mol. The fourth-order valence-corrected chi connectivity index (χ4v) is 1.78. The van der Waals surface area contributed by atoms with E-state index in [0.29, 0.717) is 0 Å². The molecule has 0 spiro atoms. The van der Waals surface area contributed by atoms with Crippen molar-refractivity contribution < 1.29 is 0 Å². The van der Waals surface area contributed by atoms with Crippen LogP contribution in [0.5, 0.6) is 0 Å². The predicted molar refractivity (Wildman–Crippen MR) is 55.9 cm³/mol. The van der Waals surface area contributed by atoms with E-state index in [4.69, 9.17) is 0 Å². The molecule has 0 radical (unpaired) electrons. The van der Waals surface area contributed by atoms with Gasteiger partial charge in [-0.1, -0.05) is 0 Å². The molecule has 0 atom stereocenters. The zero-order chi connectivity index (χ0) is 8.39. The smallest absolute Gasteiger partial charge is 0.191 e. The fraction of sp³-hybridized carbons (Fsp3) is 0. The minimum atomic E-state index is 0.760. The van der Waals surface area contributed by atoms with Gasteiger partial charge in [-0.25, -0.2) is 14.3 Å². The van der Waals surface area contributed by atoms with Crippen LogP contribution in [0.1, 0.15) is 0 Å². The van der Waals surface area contributed by atoms with Gasteiger partial charge < -0.3 is 0 Å². The number of aromatic nitrogens is 3. The molecular formula is C7H4IN3S. The van der Waals surface area contributed by atoms with Crippen LogP contribution in [0.3, 0.4) is 0 Å². The standard InChI is InChI=1S/C7H4IN3S/c8-7-9-2-1-6(11-7)5-3-10-12-4-5/h1-4H. The van der Waals surface area contributed by atoms with E-state index >= 15 is 0 Å². The third-order valence-electron chi connectivity index (χ3n) is 1.35. The zero-order valence-corrected chi connectivity index (χ0v) is 8.91. The minimum absolute atomic E-state index is 0.760. The number of halogens is 1. The van der Waals surface area contributed by atoms with Gasteiger partial charge in [-0.15, -0.1) is 0 Å². The highest BCUT2D eigenvalue weighted by Crippen LogP contribution is 2.17. The second-order valence-corrected chi connectivity index (χ2v) is 3.75. The zero-order valence-electron chi connectivity index (χ0n) is 5.94. The Balaban J connectivity index is 2.48. The molecule has 12 heavy (non-hydrogen) atoms. The highest BCUT2D eigenvalue weighted by Gasteiger charge is 2.00. The summed E-state index contributed by atoms with van der Waals surface area (Å²) >= 11 is 3.52. The van der Waals surface area contributed by atoms with Crippen LogP contribution in [0.25, 0.3) is 11.3 Å². The van der Waals surface area contributed by atoms with Crippen molar-refractivity contribution in [2.75, 3.05) is 0 Å². The second-order valence-electron chi connectivity index (χ2n) is 2.12. The molecule has 0 amide bonds. The Morgan fingerprint density at radius 1 is 1.42 bits per heavy atom. The van der Waals surface area contributed by atoms with Crippen molar-refractivity contribution in [1.82, 2.24) is 14.3 Å². The Kier molecular flexibility index (Phi) is 2.31. The number of nitrogens with zero attached hydrogens (tertiary/aromatic N) is 3. The maximum atomic E-state index is 4.26. The lowest BCUT2D eigenvalue weighted by Crippen LogP contribution is -1.87. The summed E-state index contributed by atoms with van der Waals surface area (Å²) in [7, 11) is 0. The maximum absolute atomic E-state index is 4.26. The van der Waals surface area contributed by atoms with Crippen molar-refractivity contribution in [3.05, 3.63) is 27.7 Å². The largest absolute Gasteiger partial charge is 0.232 e. The number of hydrogen-bond acceptors (Lipinski definition) is 4. The number of hydrogen-bond donors (Lipinski definition) is 0. The lowest BCUT2D eigenvalue weighted by molar-refractivity contribution is 1.11. The van der Waals surface area contributed by atoms with Crippen LogP contribution in [-0.2, 0) is 0 Å². The van der Waals surface area contributed by atoms with Crippen LogP contribution in [0.2, 0.25) is 0 Å². The molecule has 0 unspecified atom stereocenters. The van der Waals surface area contributed by atoms with Crippen molar-refractivity contribution >= 4 is 34.1 Å². The van der Waals surface area contributed by atoms with Crippen molar-refractivity contribution in [1.29, 1.82) is 0 Å². The molecule has 0 saturated carbocycles. The third kappa shape index (κ3) is 1.61. The van der Waals surface area contributed by atoms with Crippen molar-refractivity contribution in [2.24, 2.45) is 0 Å². The highest BCUT2D eigenvalue weighted by atomic mass is 127. The van der Waals surface area contributed by atoms with Crippen LogP contribution in [0.15, 0.2) is 23.8 Å².